The van der Waals surface area contributed by atoms with Crippen LogP contribution in [-0.2, 0) is 20.8 Å². The number of primary amides is 1. The van der Waals surface area contributed by atoms with Crippen molar-refractivity contribution in [2.24, 2.45) is 5.73 Å². The zero-order valence-corrected chi connectivity index (χ0v) is 31.2. The van der Waals surface area contributed by atoms with E-state index in [1.807, 2.05) is 12.1 Å². The predicted molar refractivity (Wildman–Crippen MR) is 207 cm³/mol. The van der Waals surface area contributed by atoms with Gasteiger partial charge in [0.15, 0.2) is 0 Å². The molecule has 2 aromatic carbocycles. The SMILES string of the molecule is CNC(=O)c1c(F)cccc1Nc1nc(Nc2cc3c(cc2OC)CCN3C(=O)CN(C)C(=O)CCCCCCCCCCCC(N)=O)nc2[nH]ccc12. The minimum absolute atomic E-state index is 0.0391. The topological polar surface area (TPSA) is 188 Å². The number of methoxy groups -OCH3 is 1. The number of benzene rings is 2. The Kier molecular flexibility index (Phi) is 13.8. The molecule has 1 aliphatic rings. The summed E-state index contributed by atoms with van der Waals surface area (Å²) in [4.78, 5) is 65.3. The van der Waals surface area contributed by atoms with Crippen molar-refractivity contribution in [1.29, 1.82) is 0 Å². The zero-order valence-electron chi connectivity index (χ0n) is 31.2. The smallest absolute Gasteiger partial charge is 0.256 e. The highest BCUT2D eigenvalue weighted by Crippen LogP contribution is 2.39. The molecule has 0 spiro atoms. The first-order valence-electron chi connectivity index (χ1n) is 18.5. The summed E-state index contributed by atoms with van der Waals surface area (Å²) in [5, 5.41) is 9.40. The first kappa shape index (κ1) is 39.5. The van der Waals surface area contributed by atoms with Crippen LogP contribution in [0, 0.1) is 5.82 Å². The number of halogens is 1. The zero-order chi connectivity index (χ0) is 38.6. The molecule has 4 aromatic rings. The number of anilines is 5. The van der Waals surface area contributed by atoms with Crippen molar-refractivity contribution in [3.8, 4) is 5.75 Å². The molecular formula is C39H50FN9O5. The van der Waals surface area contributed by atoms with Gasteiger partial charge in [0.2, 0.25) is 23.7 Å². The number of hydrogen-bond acceptors (Lipinski definition) is 9. The summed E-state index contributed by atoms with van der Waals surface area (Å²) >= 11 is 0. The molecule has 0 aliphatic carbocycles. The van der Waals surface area contributed by atoms with E-state index >= 15 is 0 Å². The number of aromatic amines is 1. The lowest BCUT2D eigenvalue weighted by Gasteiger charge is -2.23. The van der Waals surface area contributed by atoms with Crippen molar-refractivity contribution in [2.45, 2.75) is 77.0 Å². The first-order valence-corrected chi connectivity index (χ1v) is 18.5. The highest BCUT2D eigenvalue weighted by molar-refractivity contribution is 6.02. The number of H-pyrrole nitrogens is 1. The fourth-order valence-electron chi connectivity index (χ4n) is 6.64. The third kappa shape index (κ3) is 10.0. The third-order valence-electron chi connectivity index (χ3n) is 9.59. The van der Waals surface area contributed by atoms with Gasteiger partial charge in [-0.1, -0.05) is 51.0 Å². The normalized spacial score (nSPS) is 12.0. The van der Waals surface area contributed by atoms with Crippen LogP contribution in [0.3, 0.4) is 0 Å². The van der Waals surface area contributed by atoms with Crippen molar-refractivity contribution >= 4 is 63.5 Å². The molecule has 2 aromatic heterocycles. The van der Waals surface area contributed by atoms with Gasteiger partial charge >= 0.3 is 0 Å². The van der Waals surface area contributed by atoms with E-state index < -0.39 is 11.7 Å². The van der Waals surface area contributed by atoms with E-state index in [1.54, 1.807) is 37.4 Å². The molecule has 0 atom stereocenters. The van der Waals surface area contributed by atoms with Crippen molar-refractivity contribution in [2.75, 3.05) is 49.8 Å². The maximum atomic E-state index is 14.7. The van der Waals surface area contributed by atoms with E-state index in [4.69, 9.17) is 10.5 Å². The number of amides is 4. The number of nitrogens with zero attached hydrogens (tertiary/aromatic N) is 4. The van der Waals surface area contributed by atoms with Crippen LogP contribution >= 0.6 is 0 Å². The van der Waals surface area contributed by atoms with Gasteiger partial charge in [-0.3, -0.25) is 19.2 Å². The highest BCUT2D eigenvalue weighted by atomic mass is 19.1. The van der Waals surface area contributed by atoms with Crippen LogP contribution in [0.1, 0.15) is 86.6 Å². The second kappa shape index (κ2) is 18.9. The number of carbonyl (C=O) groups is 4. The van der Waals surface area contributed by atoms with Gasteiger partial charge < -0.3 is 41.2 Å². The Labute approximate surface area is 314 Å². The number of nitrogens with one attached hydrogen (secondary N) is 4. The summed E-state index contributed by atoms with van der Waals surface area (Å²) in [6, 6.07) is 9.75. The summed E-state index contributed by atoms with van der Waals surface area (Å²) < 4.78 is 20.4. The Morgan fingerprint density at radius 2 is 1.65 bits per heavy atom. The van der Waals surface area contributed by atoms with Crippen LogP contribution in [0.4, 0.5) is 33.2 Å². The van der Waals surface area contributed by atoms with Gasteiger partial charge in [-0.25, -0.2) is 4.39 Å². The molecule has 6 N–H and O–H groups in total. The molecule has 54 heavy (non-hydrogen) atoms. The van der Waals surface area contributed by atoms with Crippen LogP contribution in [0.15, 0.2) is 42.6 Å². The van der Waals surface area contributed by atoms with Gasteiger partial charge in [-0.05, 0) is 55.2 Å². The Morgan fingerprint density at radius 3 is 2.33 bits per heavy atom. The fraction of sp³-hybridized carbons (Fsp3) is 0.436. The van der Waals surface area contributed by atoms with Crippen LogP contribution in [0.2, 0.25) is 0 Å². The lowest BCUT2D eigenvalue weighted by Crippen LogP contribution is -2.40. The van der Waals surface area contributed by atoms with Crippen LogP contribution in [0.25, 0.3) is 11.0 Å². The Balaban J connectivity index is 1.20. The minimum atomic E-state index is -0.681. The van der Waals surface area contributed by atoms with E-state index in [-0.39, 0.29) is 41.5 Å². The second-order valence-electron chi connectivity index (χ2n) is 13.5. The lowest BCUT2D eigenvalue weighted by atomic mass is 10.1. The van der Waals surface area contributed by atoms with E-state index in [0.29, 0.717) is 59.8 Å². The number of unbranched alkanes of at least 4 members (excludes halogenated alkanes) is 8. The summed E-state index contributed by atoms with van der Waals surface area (Å²) in [7, 11) is 4.64. The van der Waals surface area contributed by atoms with Crippen LogP contribution in [-0.4, -0.2) is 77.8 Å². The molecule has 4 amide bonds. The summed E-state index contributed by atoms with van der Waals surface area (Å²) in [6.45, 7) is 0.427. The standard InChI is InChI=1S/C39H50FN9O5/c1-42-38(53)35-27(40)14-13-15-28(35)44-37-26-18-20-43-36(26)46-39(47-37)45-29-23-30-25(22-31(29)54-3)19-21-49(30)34(52)24-48(2)33(51)17-12-10-8-6-4-5-7-9-11-16-32(41)50/h13-15,18,20,22-23H,4-12,16-17,19,21,24H2,1-3H3,(H2,41,50)(H,42,53)(H3,43,44,45,46,47). The molecule has 0 radical (unpaired) electrons. The maximum Gasteiger partial charge on any atom is 0.256 e. The average molecular weight is 744 g/mol. The number of aromatic nitrogens is 3. The van der Waals surface area contributed by atoms with Gasteiger partial charge in [0, 0.05) is 45.4 Å². The van der Waals surface area contributed by atoms with Gasteiger partial charge in [0.1, 0.15) is 23.0 Å². The number of rotatable bonds is 20. The summed E-state index contributed by atoms with van der Waals surface area (Å²) in [6.07, 6.45) is 12.4. The van der Waals surface area contributed by atoms with Gasteiger partial charge in [-0.15, -0.1) is 0 Å². The van der Waals surface area contributed by atoms with Crippen LogP contribution < -0.4 is 31.3 Å². The number of hydrogen-bond donors (Lipinski definition) is 5. The van der Waals surface area contributed by atoms with E-state index in [1.165, 1.54) is 24.1 Å². The van der Waals surface area contributed by atoms with E-state index in [2.05, 4.69) is 30.9 Å². The monoisotopic (exact) mass is 743 g/mol. The minimum Gasteiger partial charge on any atom is -0.495 e. The molecule has 288 valence electrons. The Bertz CT molecular complexity index is 1970. The lowest BCUT2D eigenvalue weighted by molar-refractivity contribution is -0.134. The number of fused-ring (bicyclic) bond motifs is 2. The quantitative estimate of drug-likeness (QED) is 0.0669. The molecule has 1 aliphatic heterocycles. The second-order valence-corrected chi connectivity index (χ2v) is 13.5. The van der Waals surface area contributed by atoms with Crippen molar-refractivity contribution in [3.63, 3.8) is 0 Å². The van der Waals surface area contributed by atoms with Gasteiger partial charge in [-0.2, -0.15) is 9.97 Å². The molecule has 3 heterocycles. The maximum absolute atomic E-state index is 14.7. The number of ether oxygens (including phenoxy) is 1. The highest BCUT2D eigenvalue weighted by Gasteiger charge is 2.28. The largest absolute Gasteiger partial charge is 0.495 e. The number of carbonyl (C=O) groups excluding carboxylic acids is 4. The Morgan fingerprint density at radius 1 is 0.944 bits per heavy atom. The molecule has 14 nitrogen and oxygen atoms in total. The van der Waals surface area contributed by atoms with Crippen molar-refractivity contribution < 1.29 is 28.3 Å². The molecule has 15 heteroatoms. The average Bonchev–Trinajstić information content (AvgIpc) is 3.80. The summed E-state index contributed by atoms with van der Waals surface area (Å²) in [5.41, 5.74) is 7.89. The fourth-order valence-corrected chi connectivity index (χ4v) is 6.64. The predicted octanol–water partition coefficient (Wildman–Crippen LogP) is 6.08. The molecule has 0 bridgehead atoms. The van der Waals surface area contributed by atoms with E-state index in [9.17, 15) is 23.6 Å². The van der Waals surface area contributed by atoms with Crippen molar-refractivity contribution in [3.05, 3.63) is 59.5 Å². The van der Waals surface area contributed by atoms with Crippen molar-refractivity contribution in [1.82, 2.24) is 25.2 Å². The first-order chi connectivity index (χ1) is 26.1. The van der Waals surface area contributed by atoms with Gasteiger partial charge in [0.25, 0.3) is 5.91 Å². The molecular weight excluding hydrogens is 693 g/mol. The number of nitrogens with two attached hydrogens (primary N) is 1. The Hall–Kier alpha value is -5.73. The van der Waals surface area contributed by atoms with Crippen LogP contribution in [0.5, 0.6) is 5.75 Å². The van der Waals surface area contributed by atoms with E-state index in [0.717, 1.165) is 63.4 Å². The van der Waals surface area contributed by atoms with Gasteiger partial charge in [0.05, 0.1) is 36.0 Å². The third-order valence-corrected chi connectivity index (χ3v) is 9.59. The molecule has 0 saturated carbocycles. The molecule has 5 rings (SSSR count). The molecule has 0 unspecified atom stereocenters. The molecule has 0 fully saturated rings. The summed E-state index contributed by atoms with van der Waals surface area (Å²) in [5.74, 6) is -0.720. The molecule has 0 saturated heterocycles. The number of likely N-dealkylation sites (N-methyl/N-ethyl adjacent to an activating group) is 1.